The number of thioether (sulfide) groups is 1. The number of H-pyrrole nitrogens is 1. The highest BCUT2D eigenvalue weighted by Crippen LogP contribution is 2.26. The molecule has 27 heavy (non-hydrogen) atoms. The topological polar surface area (TPSA) is 110 Å². The predicted molar refractivity (Wildman–Crippen MR) is 104 cm³/mol. The molecular weight excluding hydrogens is 368 g/mol. The number of nitro groups is 1. The molecule has 9 heteroatoms. The Kier molecular flexibility index (Phi) is 5.60. The first-order chi connectivity index (χ1) is 13.0. The van der Waals surface area contributed by atoms with Crippen molar-refractivity contribution >= 4 is 40.1 Å². The Labute approximate surface area is 159 Å². The monoisotopic (exact) mass is 386 g/mol. The van der Waals surface area contributed by atoms with E-state index in [1.54, 1.807) is 19.1 Å². The Bertz CT molecular complexity index is 1000. The maximum absolute atomic E-state index is 12.2. The number of aromatic nitrogens is 2. The van der Waals surface area contributed by atoms with Gasteiger partial charge in [0.1, 0.15) is 5.75 Å². The summed E-state index contributed by atoms with van der Waals surface area (Å²) < 4.78 is 5.46. The van der Waals surface area contributed by atoms with Gasteiger partial charge in [-0.2, -0.15) is 0 Å². The van der Waals surface area contributed by atoms with E-state index in [9.17, 15) is 14.9 Å². The Balaban J connectivity index is 1.65. The molecule has 0 saturated carbocycles. The van der Waals surface area contributed by atoms with E-state index >= 15 is 0 Å². The number of nitrogens with zero attached hydrogens (tertiary/aromatic N) is 2. The second-order valence-corrected chi connectivity index (χ2v) is 6.66. The number of anilines is 1. The van der Waals surface area contributed by atoms with E-state index in [2.05, 4.69) is 15.3 Å². The molecule has 0 atom stereocenters. The van der Waals surface area contributed by atoms with Crippen LogP contribution in [0.2, 0.25) is 0 Å². The van der Waals surface area contributed by atoms with Gasteiger partial charge in [0.15, 0.2) is 5.16 Å². The number of carbonyl (C=O) groups excluding carboxylic acids is 1. The van der Waals surface area contributed by atoms with Crippen molar-refractivity contribution in [3.63, 3.8) is 0 Å². The Morgan fingerprint density at radius 2 is 2.19 bits per heavy atom. The molecule has 0 aliphatic carbocycles. The normalized spacial score (nSPS) is 10.7. The summed E-state index contributed by atoms with van der Waals surface area (Å²) in [6, 6.07) is 10.2. The number of hydrogen-bond donors (Lipinski definition) is 2. The molecular formula is C18H18N4O4S. The smallest absolute Gasteiger partial charge is 0.274 e. The molecule has 3 aromatic rings. The third-order valence-corrected chi connectivity index (χ3v) is 4.73. The van der Waals surface area contributed by atoms with Crippen molar-refractivity contribution in [2.24, 2.45) is 0 Å². The summed E-state index contributed by atoms with van der Waals surface area (Å²) in [4.78, 5) is 30.3. The molecule has 0 bridgehead atoms. The van der Waals surface area contributed by atoms with Crippen LogP contribution >= 0.6 is 11.8 Å². The van der Waals surface area contributed by atoms with Gasteiger partial charge in [-0.25, -0.2) is 4.98 Å². The Hall–Kier alpha value is -3.07. The highest BCUT2D eigenvalue weighted by molar-refractivity contribution is 7.99. The second-order valence-electron chi connectivity index (χ2n) is 5.70. The molecule has 0 aliphatic rings. The third-order valence-electron chi connectivity index (χ3n) is 3.86. The SMILES string of the molecule is CCOc1ccc2nc(SCC(=O)Nc3cccc([N+](=O)[O-])c3C)[nH]c2c1. The van der Waals surface area contributed by atoms with Crippen LogP contribution in [0.25, 0.3) is 11.0 Å². The minimum absolute atomic E-state index is 0.0251. The number of ether oxygens (including phenoxy) is 1. The first-order valence-electron chi connectivity index (χ1n) is 8.27. The number of benzene rings is 2. The molecule has 2 N–H and O–H groups in total. The number of rotatable bonds is 7. The van der Waals surface area contributed by atoms with Crippen LogP contribution < -0.4 is 10.1 Å². The molecule has 0 radical (unpaired) electrons. The number of nitrogens with one attached hydrogen (secondary N) is 2. The molecule has 2 aromatic carbocycles. The molecule has 3 rings (SSSR count). The van der Waals surface area contributed by atoms with Crippen LogP contribution in [0.4, 0.5) is 11.4 Å². The molecule has 0 aliphatic heterocycles. The molecule has 0 unspecified atom stereocenters. The van der Waals surface area contributed by atoms with Gasteiger partial charge in [0, 0.05) is 12.1 Å². The second kappa shape index (κ2) is 8.09. The fourth-order valence-corrected chi connectivity index (χ4v) is 3.25. The van der Waals surface area contributed by atoms with E-state index < -0.39 is 4.92 Å². The van der Waals surface area contributed by atoms with Gasteiger partial charge in [-0.15, -0.1) is 0 Å². The van der Waals surface area contributed by atoms with E-state index in [-0.39, 0.29) is 17.3 Å². The van der Waals surface area contributed by atoms with Crippen LogP contribution in [0, 0.1) is 17.0 Å². The molecule has 8 nitrogen and oxygen atoms in total. The summed E-state index contributed by atoms with van der Waals surface area (Å²) in [6.07, 6.45) is 0. The number of amides is 1. The highest BCUT2D eigenvalue weighted by atomic mass is 32.2. The minimum atomic E-state index is -0.468. The first-order valence-corrected chi connectivity index (χ1v) is 9.25. The van der Waals surface area contributed by atoms with Gasteiger partial charge < -0.3 is 15.0 Å². The summed E-state index contributed by atoms with van der Waals surface area (Å²) >= 11 is 1.26. The van der Waals surface area contributed by atoms with Gasteiger partial charge in [-0.3, -0.25) is 14.9 Å². The molecule has 0 saturated heterocycles. The van der Waals surface area contributed by atoms with Gasteiger partial charge in [0.05, 0.1) is 39.6 Å². The van der Waals surface area contributed by atoms with Crippen molar-refractivity contribution < 1.29 is 14.5 Å². The van der Waals surface area contributed by atoms with Gasteiger partial charge in [-0.05, 0) is 32.0 Å². The lowest BCUT2D eigenvalue weighted by Crippen LogP contribution is -2.15. The largest absolute Gasteiger partial charge is 0.494 e. The van der Waals surface area contributed by atoms with Gasteiger partial charge in [0.25, 0.3) is 5.69 Å². The Morgan fingerprint density at radius 3 is 2.93 bits per heavy atom. The summed E-state index contributed by atoms with van der Waals surface area (Å²) in [5, 5.41) is 14.3. The fraction of sp³-hybridized carbons (Fsp3) is 0.222. The molecule has 0 fully saturated rings. The van der Waals surface area contributed by atoms with Crippen LogP contribution in [-0.2, 0) is 4.79 Å². The quantitative estimate of drug-likeness (QED) is 0.362. The molecule has 0 spiro atoms. The maximum Gasteiger partial charge on any atom is 0.274 e. The molecule has 1 heterocycles. The van der Waals surface area contributed by atoms with Crippen LogP contribution in [-0.4, -0.2) is 33.2 Å². The van der Waals surface area contributed by atoms with Crippen LogP contribution in [0.15, 0.2) is 41.6 Å². The number of carbonyl (C=O) groups is 1. The number of aromatic amines is 1. The highest BCUT2D eigenvalue weighted by Gasteiger charge is 2.15. The number of hydrogen-bond acceptors (Lipinski definition) is 6. The lowest BCUT2D eigenvalue weighted by molar-refractivity contribution is -0.385. The lowest BCUT2D eigenvalue weighted by atomic mass is 10.1. The molecule has 1 aromatic heterocycles. The van der Waals surface area contributed by atoms with E-state index in [0.717, 1.165) is 16.8 Å². The Morgan fingerprint density at radius 1 is 1.37 bits per heavy atom. The maximum atomic E-state index is 12.2. The third kappa shape index (κ3) is 4.37. The van der Waals surface area contributed by atoms with Crippen molar-refractivity contribution in [1.82, 2.24) is 9.97 Å². The van der Waals surface area contributed by atoms with Gasteiger partial charge >= 0.3 is 0 Å². The first kappa shape index (κ1) is 18.7. The van der Waals surface area contributed by atoms with Crippen molar-refractivity contribution in [2.45, 2.75) is 19.0 Å². The summed E-state index contributed by atoms with van der Waals surface area (Å²) in [7, 11) is 0. The average molecular weight is 386 g/mol. The number of imidazole rings is 1. The van der Waals surface area contributed by atoms with Gasteiger partial charge in [-0.1, -0.05) is 17.8 Å². The van der Waals surface area contributed by atoms with Crippen LogP contribution in [0.1, 0.15) is 12.5 Å². The fourth-order valence-electron chi connectivity index (χ4n) is 2.57. The van der Waals surface area contributed by atoms with Crippen molar-refractivity contribution in [1.29, 1.82) is 0 Å². The summed E-state index contributed by atoms with van der Waals surface area (Å²) in [5.74, 6) is 0.614. The lowest BCUT2D eigenvalue weighted by Gasteiger charge is -2.07. The minimum Gasteiger partial charge on any atom is -0.494 e. The van der Waals surface area contributed by atoms with Crippen molar-refractivity contribution in [3.8, 4) is 5.75 Å². The summed E-state index contributed by atoms with van der Waals surface area (Å²) in [6.45, 7) is 4.11. The number of nitro benzene ring substituents is 1. The standard InChI is InChI=1S/C18H18N4O4S/c1-3-26-12-7-8-14-15(9-12)21-18(20-14)27-10-17(23)19-13-5-4-6-16(11(13)2)22(24)25/h4-9H,3,10H2,1-2H3,(H,19,23)(H,20,21). The van der Waals surface area contributed by atoms with E-state index in [4.69, 9.17) is 4.74 Å². The van der Waals surface area contributed by atoms with Crippen LogP contribution in [0.3, 0.4) is 0 Å². The number of fused-ring (bicyclic) bond motifs is 1. The van der Waals surface area contributed by atoms with E-state index in [1.807, 2.05) is 25.1 Å². The van der Waals surface area contributed by atoms with Gasteiger partial charge in [0.2, 0.25) is 5.91 Å². The summed E-state index contributed by atoms with van der Waals surface area (Å²) in [5.41, 5.74) is 2.45. The zero-order valence-corrected chi connectivity index (χ0v) is 15.6. The zero-order valence-electron chi connectivity index (χ0n) is 14.8. The predicted octanol–water partition coefficient (Wildman–Crippen LogP) is 3.91. The molecule has 1 amide bonds. The van der Waals surface area contributed by atoms with E-state index in [0.29, 0.717) is 23.0 Å². The van der Waals surface area contributed by atoms with Crippen LogP contribution in [0.5, 0.6) is 5.75 Å². The zero-order chi connectivity index (χ0) is 19.4. The van der Waals surface area contributed by atoms with Crippen molar-refractivity contribution in [2.75, 3.05) is 17.7 Å². The molecule has 140 valence electrons. The average Bonchev–Trinajstić information content (AvgIpc) is 3.04. The van der Waals surface area contributed by atoms with Crippen molar-refractivity contribution in [3.05, 3.63) is 52.1 Å². The van der Waals surface area contributed by atoms with E-state index in [1.165, 1.54) is 17.8 Å².